The van der Waals surface area contributed by atoms with E-state index in [9.17, 15) is 0 Å². The molecular formula is C30H40Cl4Cu2N24O21. The van der Waals surface area contributed by atoms with Crippen molar-refractivity contribution in [3.63, 3.8) is 0 Å². The fourth-order valence-electron chi connectivity index (χ4n) is 3.22. The summed E-state index contributed by atoms with van der Waals surface area (Å²) < 4.78 is 136. The Hall–Kier alpha value is -7.34. The molecule has 0 aliphatic carbocycles. The minimum Gasteiger partial charge on any atom is -0.412 e. The smallest absolute Gasteiger partial charge is 0.412 e. The van der Waals surface area contributed by atoms with Crippen LogP contribution in [0.2, 0.25) is 0 Å². The Morgan fingerprint density at radius 2 is 0.346 bits per heavy atom. The van der Waals surface area contributed by atoms with Crippen LogP contribution in [0, 0.1) is 41.0 Å². The number of rotatable bonds is 9. The Labute approximate surface area is 480 Å². The van der Waals surface area contributed by atoms with Crippen LogP contribution in [0.1, 0.15) is 34.2 Å². The van der Waals surface area contributed by atoms with E-state index >= 15 is 0 Å². The van der Waals surface area contributed by atoms with Crippen LogP contribution in [-0.4, -0.2) is 122 Å². The van der Waals surface area contributed by atoms with E-state index in [4.69, 9.17) is 109 Å². The van der Waals surface area contributed by atoms with Crippen LogP contribution in [0.4, 0.5) is 0 Å². The van der Waals surface area contributed by atoms with Gasteiger partial charge in [0, 0.05) is 74.4 Å². The summed E-state index contributed by atoms with van der Waals surface area (Å²) in [6.45, 7) is 0. The molecule has 0 amide bonds. The number of hydrogen-bond acceptors (Lipinski definition) is 34. The van der Waals surface area contributed by atoms with Gasteiger partial charge in [-0.25, -0.2) is 104 Å². The zero-order valence-corrected chi connectivity index (χ0v) is 44.0. The summed E-state index contributed by atoms with van der Waals surface area (Å²) in [5, 5.41) is 22.5. The first kappa shape index (κ1) is 90.2. The Morgan fingerprint density at radius 3 is 0.420 bits per heavy atom. The standard InChI is InChI=1S/3C10H10N8.4ClHO4.2Cu.5H2O/c3*11-9(7-5-13-1-3-15-7)17-18-10(12)8-6-14-2-4-16-8;4*2-1(3,4)5;;;;;;;/h3*1-6H,(H2,11,17)(H2,12,18);4*(H,2,3,4,5);;;5*1H2/q;;;;;;;2*+2;;;;;/p-4. The zero-order chi connectivity index (χ0) is 56.4. The predicted octanol–water partition coefficient (Wildman–Crippen LogP) is -25.3. The molecule has 0 saturated carbocycles. The van der Waals surface area contributed by atoms with Crippen LogP contribution in [0.5, 0.6) is 0 Å². The summed E-state index contributed by atoms with van der Waals surface area (Å²) >= 11 is 0. The van der Waals surface area contributed by atoms with E-state index in [-0.39, 0.29) is 96.5 Å². The van der Waals surface area contributed by atoms with Crippen LogP contribution >= 0.6 is 0 Å². The van der Waals surface area contributed by atoms with Crippen molar-refractivity contribution in [2.75, 3.05) is 0 Å². The molecule has 456 valence electrons. The quantitative estimate of drug-likeness (QED) is 0.0339. The molecule has 51 heteroatoms. The van der Waals surface area contributed by atoms with E-state index < -0.39 is 41.0 Å². The molecule has 22 N–H and O–H groups in total. The third-order valence-corrected chi connectivity index (χ3v) is 5.75. The van der Waals surface area contributed by atoms with Crippen molar-refractivity contribution in [3.05, 3.63) is 146 Å². The van der Waals surface area contributed by atoms with Crippen molar-refractivity contribution in [2.45, 2.75) is 0 Å². The van der Waals surface area contributed by atoms with Gasteiger partial charge in [-0.3, -0.25) is 29.9 Å². The Balaban J connectivity index is -0.000000136. The first-order valence-electron chi connectivity index (χ1n) is 17.4. The van der Waals surface area contributed by atoms with Crippen molar-refractivity contribution in [1.82, 2.24) is 59.8 Å². The van der Waals surface area contributed by atoms with Gasteiger partial charge in [0.25, 0.3) is 0 Å². The van der Waals surface area contributed by atoms with Crippen molar-refractivity contribution in [3.8, 4) is 0 Å². The number of aromatic nitrogens is 12. The molecule has 0 spiro atoms. The van der Waals surface area contributed by atoms with E-state index in [0.29, 0.717) is 34.2 Å². The molecular weight excluding hydrogens is 1300 g/mol. The molecule has 0 bridgehead atoms. The van der Waals surface area contributed by atoms with Crippen molar-refractivity contribution in [2.24, 2.45) is 65.0 Å². The van der Waals surface area contributed by atoms with Crippen molar-refractivity contribution in [1.29, 1.82) is 0 Å². The maximum absolute atomic E-state index is 8.49. The van der Waals surface area contributed by atoms with Gasteiger partial charge in [0.2, 0.25) is 0 Å². The van der Waals surface area contributed by atoms with Gasteiger partial charge >= 0.3 is 34.1 Å². The number of nitrogens with two attached hydrogens (primary N) is 6. The third-order valence-electron chi connectivity index (χ3n) is 5.75. The molecule has 6 rings (SSSR count). The van der Waals surface area contributed by atoms with E-state index in [0.717, 1.165) is 0 Å². The van der Waals surface area contributed by atoms with E-state index in [2.05, 4.69) is 90.4 Å². The largest absolute Gasteiger partial charge is 2.00 e. The van der Waals surface area contributed by atoms with E-state index in [1.807, 2.05) is 0 Å². The second kappa shape index (κ2) is 47.5. The third kappa shape index (κ3) is 57.2. The fraction of sp³-hybridized carbons (Fsp3) is 0. The molecule has 6 aromatic heterocycles. The van der Waals surface area contributed by atoms with Gasteiger partial charge in [-0.05, 0) is 0 Å². The summed E-state index contributed by atoms with van der Waals surface area (Å²) in [6.07, 6.45) is 27.1. The van der Waals surface area contributed by atoms with Gasteiger partial charge in [-0.1, -0.05) is 0 Å². The second-order valence-electron chi connectivity index (χ2n) is 11.0. The summed E-state index contributed by atoms with van der Waals surface area (Å²) in [5.74, 6) is 0.722. The molecule has 0 aliphatic heterocycles. The van der Waals surface area contributed by atoms with Crippen LogP contribution in [-0.2, 0) is 34.1 Å². The zero-order valence-electron chi connectivity index (χ0n) is 39.1. The minimum atomic E-state index is -4.94. The molecule has 81 heavy (non-hydrogen) atoms. The Kier molecular flexibility index (Phi) is 52.9. The molecule has 0 aromatic carbocycles. The molecule has 0 aliphatic rings. The summed E-state index contributed by atoms with van der Waals surface area (Å²) in [4.78, 5) is 47.0. The van der Waals surface area contributed by atoms with Crippen LogP contribution in [0.3, 0.4) is 0 Å². The van der Waals surface area contributed by atoms with Gasteiger partial charge in [-0.15, -0.1) is 71.6 Å². The molecule has 0 fully saturated rings. The monoisotopic (exact) mass is 1340 g/mol. The van der Waals surface area contributed by atoms with Gasteiger partial charge in [0.1, 0.15) is 34.2 Å². The van der Waals surface area contributed by atoms with E-state index in [1.165, 1.54) is 112 Å². The Morgan fingerprint density at radius 1 is 0.247 bits per heavy atom. The number of hydrogen-bond donors (Lipinski definition) is 6. The Bertz CT molecular complexity index is 2200. The van der Waals surface area contributed by atoms with Crippen LogP contribution in [0.15, 0.2) is 142 Å². The molecule has 45 nitrogen and oxygen atoms in total. The van der Waals surface area contributed by atoms with Crippen molar-refractivity contribution >= 4 is 35.0 Å². The maximum Gasteiger partial charge on any atom is 2.00 e. The minimum absolute atomic E-state index is 0. The molecule has 6 aromatic rings. The number of nitrogens with zero attached hydrogens (tertiary/aromatic N) is 18. The average molecular weight is 1340 g/mol. The van der Waals surface area contributed by atoms with Gasteiger partial charge in [-0.2, -0.15) is 0 Å². The second-order valence-corrected chi connectivity index (χ2v) is 14.0. The summed E-state index contributed by atoms with van der Waals surface area (Å²) in [6, 6.07) is 0. The normalized spacial score (nSPS) is 11.3. The summed E-state index contributed by atoms with van der Waals surface area (Å²) in [7, 11) is -19.8. The number of amidine groups is 6. The van der Waals surface area contributed by atoms with Crippen molar-refractivity contribution < 1.29 is 177 Å². The maximum atomic E-state index is 8.49. The molecule has 0 atom stereocenters. The topological polar surface area (TPSA) is 911 Å². The predicted molar refractivity (Wildman–Crippen MR) is 215 cm³/mol. The SMILES string of the molecule is N/C(=N\N=C(/N)c1cnccn1)c1cnccn1.N/C(=N\N=C(/N)c1cnccn1)c1cnccn1.N/C(=N\N=C(/N)c1cnccn1)c1cnccn1.O.O.O.O.O.[Cu+2].[Cu+2].[O-][Cl+3]([O-])([O-])[O-].[O-][Cl+3]([O-])([O-])[O-].[O-][Cl+3]([O-])([O-])[O-].[O-][Cl+3]([O-])([O-])[O-]. The molecule has 2 radical (unpaired) electrons. The average Bonchev–Trinajstić information content (AvgIpc) is 3.34. The van der Waals surface area contributed by atoms with Crippen LogP contribution in [0.25, 0.3) is 0 Å². The molecule has 6 heterocycles. The fourth-order valence-corrected chi connectivity index (χ4v) is 3.22. The summed E-state index contributed by atoms with van der Waals surface area (Å²) in [5.41, 5.74) is 36.6. The molecule has 0 saturated heterocycles. The van der Waals surface area contributed by atoms with Gasteiger partial charge < -0.3 is 61.8 Å². The van der Waals surface area contributed by atoms with Gasteiger partial charge in [0.05, 0.1) is 37.2 Å². The molecule has 0 unspecified atom stereocenters. The number of halogens is 4. The van der Waals surface area contributed by atoms with Crippen LogP contribution < -0.4 is 109 Å². The van der Waals surface area contributed by atoms with E-state index in [1.54, 1.807) is 0 Å². The first-order chi connectivity index (χ1) is 34.3. The first-order valence-corrected chi connectivity index (χ1v) is 22.3. The van der Waals surface area contributed by atoms with Gasteiger partial charge in [0.15, 0.2) is 35.0 Å².